The monoisotopic (exact) mass is 303 g/mol. The molecule has 1 amide bonds. The molecule has 0 aliphatic carbocycles. The van der Waals surface area contributed by atoms with Crippen LogP contribution < -0.4 is 5.56 Å². The molecule has 0 saturated carbocycles. The number of hydrogen-bond acceptors (Lipinski definition) is 4. The van der Waals surface area contributed by atoms with Crippen molar-refractivity contribution in [1.82, 2.24) is 14.5 Å². The number of carboxylic acid groups (broad SMARTS) is 1. The van der Waals surface area contributed by atoms with Gasteiger partial charge >= 0.3 is 5.97 Å². The molecule has 0 saturated heterocycles. The van der Waals surface area contributed by atoms with Gasteiger partial charge in [0.25, 0.3) is 5.56 Å². The van der Waals surface area contributed by atoms with Gasteiger partial charge in [0, 0.05) is 20.0 Å². The molecule has 2 aromatic rings. The molecule has 0 unspecified atom stereocenters. The molecule has 2 rings (SSSR count). The molecule has 0 bridgehead atoms. The van der Waals surface area contributed by atoms with Gasteiger partial charge in [-0.2, -0.15) is 0 Å². The van der Waals surface area contributed by atoms with Gasteiger partial charge in [0.2, 0.25) is 5.91 Å². The fourth-order valence-electron chi connectivity index (χ4n) is 2.19. The maximum Gasteiger partial charge on any atom is 0.323 e. The summed E-state index contributed by atoms with van der Waals surface area (Å²) in [5.74, 6) is -1.41. The molecule has 1 aromatic carbocycles. The second kappa shape index (κ2) is 6.38. The molecular formula is C15H17N3O4. The first kappa shape index (κ1) is 15.7. The number of carboxylic acids is 1. The van der Waals surface area contributed by atoms with Crippen LogP contribution in [0.25, 0.3) is 10.9 Å². The number of amides is 1. The third-order valence-electron chi connectivity index (χ3n) is 3.42. The van der Waals surface area contributed by atoms with Crippen molar-refractivity contribution in [2.24, 2.45) is 0 Å². The van der Waals surface area contributed by atoms with Crippen molar-refractivity contribution >= 4 is 22.8 Å². The Balaban J connectivity index is 2.16. The van der Waals surface area contributed by atoms with Crippen LogP contribution in [-0.4, -0.2) is 45.0 Å². The Bertz CT molecular complexity index is 782. The quantitative estimate of drug-likeness (QED) is 0.875. The van der Waals surface area contributed by atoms with Gasteiger partial charge in [-0.25, -0.2) is 4.98 Å². The van der Waals surface area contributed by atoms with Gasteiger partial charge in [0.1, 0.15) is 6.54 Å². The summed E-state index contributed by atoms with van der Waals surface area (Å²) in [7, 11) is 1.42. The molecule has 0 aliphatic heterocycles. The van der Waals surface area contributed by atoms with Crippen LogP contribution in [0.15, 0.2) is 29.3 Å². The van der Waals surface area contributed by atoms with Crippen molar-refractivity contribution in [1.29, 1.82) is 0 Å². The van der Waals surface area contributed by atoms with Crippen molar-refractivity contribution in [3.05, 3.63) is 40.4 Å². The first-order valence-electron chi connectivity index (χ1n) is 6.80. The summed E-state index contributed by atoms with van der Waals surface area (Å²) < 4.78 is 1.37. The molecule has 1 N–H and O–H groups in total. The summed E-state index contributed by atoms with van der Waals surface area (Å²) in [5.41, 5.74) is 1.36. The van der Waals surface area contributed by atoms with E-state index in [2.05, 4.69) is 4.98 Å². The number of aryl methyl sites for hydroxylation is 2. The molecule has 0 spiro atoms. The van der Waals surface area contributed by atoms with Crippen LogP contribution in [-0.2, 0) is 16.1 Å². The normalized spacial score (nSPS) is 10.6. The predicted octanol–water partition coefficient (Wildman–Crippen LogP) is 0.638. The number of fused-ring (bicyclic) bond motifs is 1. The Hall–Kier alpha value is -2.70. The van der Waals surface area contributed by atoms with Crippen LogP contribution in [0.1, 0.15) is 12.0 Å². The number of aliphatic carboxylic acids is 1. The SMILES string of the molecule is Cc1cccc2c(=O)n(CCC(=O)N(C)CC(=O)O)cnc12. The zero-order valence-corrected chi connectivity index (χ0v) is 12.4. The number of nitrogens with zero attached hydrogens (tertiary/aromatic N) is 3. The number of carbonyl (C=O) groups is 2. The van der Waals surface area contributed by atoms with E-state index in [1.54, 1.807) is 12.1 Å². The van der Waals surface area contributed by atoms with E-state index in [1.165, 1.54) is 17.9 Å². The third kappa shape index (κ3) is 3.30. The zero-order valence-electron chi connectivity index (χ0n) is 12.4. The summed E-state index contributed by atoms with van der Waals surface area (Å²) in [5, 5.41) is 9.16. The molecule has 0 radical (unpaired) electrons. The summed E-state index contributed by atoms with van der Waals surface area (Å²) in [6.07, 6.45) is 1.46. The van der Waals surface area contributed by atoms with E-state index in [1.807, 2.05) is 13.0 Å². The van der Waals surface area contributed by atoms with Crippen LogP contribution in [0.2, 0.25) is 0 Å². The molecule has 7 nitrogen and oxygen atoms in total. The van der Waals surface area contributed by atoms with Gasteiger partial charge in [0.05, 0.1) is 17.2 Å². The highest BCUT2D eigenvalue weighted by atomic mass is 16.4. The highest BCUT2D eigenvalue weighted by Crippen LogP contribution is 2.11. The van der Waals surface area contributed by atoms with Gasteiger partial charge in [-0.3, -0.25) is 19.0 Å². The number of likely N-dealkylation sites (N-methyl/N-ethyl adjacent to an activating group) is 1. The standard InChI is InChI=1S/C15H17N3O4/c1-10-4-3-5-11-14(10)16-9-18(15(11)22)7-6-12(19)17(2)8-13(20)21/h3-5,9H,6-8H2,1-2H3,(H,20,21). The minimum absolute atomic E-state index is 0.0443. The number of aromatic nitrogens is 2. The average molecular weight is 303 g/mol. The number of hydrogen-bond donors (Lipinski definition) is 1. The number of rotatable bonds is 5. The lowest BCUT2D eigenvalue weighted by atomic mass is 10.1. The maximum absolute atomic E-state index is 12.3. The average Bonchev–Trinajstić information content (AvgIpc) is 2.46. The van der Waals surface area contributed by atoms with Crippen molar-refractivity contribution in [2.75, 3.05) is 13.6 Å². The van der Waals surface area contributed by atoms with E-state index in [-0.39, 0.29) is 31.0 Å². The second-order valence-electron chi connectivity index (χ2n) is 5.11. The van der Waals surface area contributed by atoms with Gasteiger partial charge < -0.3 is 10.0 Å². The first-order valence-corrected chi connectivity index (χ1v) is 6.80. The number of carbonyl (C=O) groups excluding carboxylic acids is 1. The highest BCUT2D eigenvalue weighted by molar-refractivity contribution is 5.81. The fourth-order valence-corrected chi connectivity index (χ4v) is 2.19. The van der Waals surface area contributed by atoms with Crippen LogP contribution in [0, 0.1) is 6.92 Å². The Morgan fingerprint density at radius 3 is 2.77 bits per heavy atom. The molecule has 7 heteroatoms. The van der Waals surface area contributed by atoms with E-state index < -0.39 is 5.97 Å². The van der Waals surface area contributed by atoms with Gasteiger partial charge in [0.15, 0.2) is 0 Å². The Morgan fingerprint density at radius 2 is 2.09 bits per heavy atom. The van der Waals surface area contributed by atoms with E-state index >= 15 is 0 Å². The Kier molecular flexibility index (Phi) is 4.55. The molecule has 1 aromatic heterocycles. The van der Waals surface area contributed by atoms with Gasteiger partial charge in [-0.1, -0.05) is 12.1 Å². The van der Waals surface area contributed by atoms with Crippen LogP contribution in [0.5, 0.6) is 0 Å². The van der Waals surface area contributed by atoms with Crippen molar-refractivity contribution < 1.29 is 14.7 Å². The van der Waals surface area contributed by atoms with E-state index in [9.17, 15) is 14.4 Å². The van der Waals surface area contributed by atoms with Crippen LogP contribution >= 0.6 is 0 Å². The predicted molar refractivity (Wildman–Crippen MR) is 80.6 cm³/mol. The first-order chi connectivity index (χ1) is 10.4. The third-order valence-corrected chi connectivity index (χ3v) is 3.42. The van der Waals surface area contributed by atoms with Crippen molar-refractivity contribution in [2.45, 2.75) is 19.9 Å². The lowest BCUT2D eigenvalue weighted by Gasteiger charge is -2.15. The summed E-state index contributed by atoms with van der Waals surface area (Å²) in [6.45, 7) is 1.69. The molecule has 116 valence electrons. The summed E-state index contributed by atoms with van der Waals surface area (Å²) in [6, 6.07) is 5.37. The number of benzene rings is 1. The molecule has 0 fully saturated rings. The Morgan fingerprint density at radius 1 is 1.36 bits per heavy atom. The van der Waals surface area contributed by atoms with Crippen molar-refractivity contribution in [3.8, 4) is 0 Å². The number of para-hydroxylation sites is 1. The lowest BCUT2D eigenvalue weighted by molar-refractivity contribution is -0.143. The summed E-state index contributed by atoms with van der Waals surface area (Å²) >= 11 is 0. The van der Waals surface area contributed by atoms with Crippen molar-refractivity contribution in [3.63, 3.8) is 0 Å². The minimum atomic E-state index is -1.07. The topological polar surface area (TPSA) is 92.5 Å². The highest BCUT2D eigenvalue weighted by Gasteiger charge is 2.13. The largest absolute Gasteiger partial charge is 0.480 e. The fraction of sp³-hybridized carbons (Fsp3) is 0.333. The molecule has 0 aliphatic rings. The smallest absolute Gasteiger partial charge is 0.323 e. The minimum Gasteiger partial charge on any atom is -0.480 e. The van der Waals surface area contributed by atoms with Crippen LogP contribution in [0.4, 0.5) is 0 Å². The molecule has 22 heavy (non-hydrogen) atoms. The molecular weight excluding hydrogens is 286 g/mol. The molecule has 1 heterocycles. The van der Waals surface area contributed by atoms with Crippen LogP contribution in [0.3, 0.4) is 0 Å². The summed E-state index contributed by atoms with van der Waals surface area (Å²) in [4.78, 5) is 40.1. The van der Waals surface area contributed by atoms with Gasteiger partial charge in [-0.05, 0) is 18.6 Å². The lowest BCUT2D eigenvalue weighted by Crippen LogP contribution is -2.33. The molecule has 0 atom stereocenters. The van der Waals surface area contributed by atoms with Gasteiger partial charge in [-0.15, -0.1) is 0 Å². The van der Waals surface area contributed by atoms with E-state index in [4.69, 9.17) is 5.11 Å². The van der Waals surface area contributed by atoms with E-state index in [0.717, 1.165) is 10.5 Å². The Labute approximate surface area is 126 Å². The zero-order chi connectivity index (χ0) is 16.3. The maximum atomic E-state index is 12.3. The second-order valence-corrected chi connectivity index (χ2v) is 5.11. The van der Waals surface area contributed by atoms with E-state index in [0.29, 0.717) is 10.9 Å².